The molecule has 5 nitrogen and oxygen atoms in total. The highest BCUT2D eigenvalue weighted by Gasteiger charge is 2.08. The molecule has 1 aromatic heterocycles. The molecule has 0 bridgehead atoms. The topological polar surface area (TPSA) is 75.4 Å². The Hall–Kier alpha value is -2.58. The number of carbonyl (C=O) groups excluding carboxylic acids is 1. The summed E-state index contributed by atoms with van der Waals surface area (Å²) in [6.45, 7) is 3.81. The Kier molecular flexibility index (Phi) is 4.75. The van der Waals surface area contributed by atoms with Gasteiger partial charge in [-0.25, -0.2) is 0 Å². The zero-order chi connectivity index (χ0) is 15.2. The SMILES string of the molecule is Cc1cc(CNC(=O)c2ccc(C#CCO)c(C)c2)on1. The van der Waals surface area contributed by atoms with E-state index in [1.54, 1.807) is 24.3 Å². The minimum Gasteiger partial charge on any atom is -0.384 e. The van der Waals surface area contributed by atoms with Crippen LogP contribution in [-0.2, 0) is 6.54 Å². The van der Waals surface area contributed by atoms with Crippen molar-refractivity contribution >= 4 is 5.91 Å². The van der Waals surface area contributed by atoms with Crippen LogP contribution in [0.5, 0.6) is 0 Å². The summed E-state index contributed by atoms with van der Waals surface area (Å²) in [5.41, 5.74) is 3.02. The van der Waals surface area contributed by atoms with E-state index in [1.807, 2.05) is 13.8 Å². The van der Waals surface area contributed by atoms with E-state index >= 15 is 0 Å². The molecule has 2 aromatic rings. The van der Waals surface area contributed by atoms with Crippen LogP contribution < -0.4 is 5.32 Å². The maximum Gasteiger partial charge on any atom is 0.251 e. The molecule has 0 spiro atoms. The first-order valence-electron chi connectivity index (χ1n) is 6.51. The number of nitrogens with zero attached hydrogens (tertiary/aromatic N) is 1. The van der Waals surface area contributed by atoms with Gasteiger partial charge in [-0.1, -0.05) is 17.0 Å². The van der Waals surface area contributed by atoms with Crippen molar-refractivity contribution in [2.45, 2.75) is 20.4 Å². The van der Waals surface area contributed by atoms with Crippen LogP contribution in [0.2, 0.25) is 0 Å². The van der Waals surface area contributed by atoms with Crippen LogP contribution in [0.4, 0.5) is 0 Å². The normalized spacial score (nSPS) is 9.86. The lowest BCUT2D eigenvalue weighted by Gasteiger charge is -2.05. The largest absolute Gasteiger partial charge is 0.384 e. The summed E-state index contributed by atoms with van der Waals surface area (Å²) in [6.07, 6.45) is 0. The zero-order valence-corrected chi connectivity index (χ0v) is 11.9. The van der Waals surface area contributed by atoms with E-state index in [0.29, 0.717) is 17.9 Å². The van der Waals surface area contributed by atoms with Crippen LogP contribution in [0.15, 0.2) is 28.8 Å². The Morgan fingerprint density at radius 2 is 2.19 bits per heavy atom. The lowest BCUT2D eigenvalue weighted by atomic mass is 10.0. The van der Waals surface area contributed by atoms with Gasteiger partial charge in [-0.15, -0.1) is 0 Å². The second-order valence-electron chi connectivity index (χ2n) is 4.61. The first kappa shape index (κ1) is 14.8. The van der Waals surface area contributed by atoms with E-state index in [4.69, 9.17) is 9.63 Å². The molecule has 0 atom stereocenters. The predicted octanol–water partition coefficient (Wildman–Crippen LogP) is 1.57. The first-order valence-corrected chi connectivity index (χ1v) is 6.51. The van der Waals surface area contributed by atoms with E-state index in [-0.39, 0.29) is 12.5 Å². The average Bonchev–Trinajstić information content (AvgIpc) is 2.89. The maximum atomic E-state index is 12.1. The Morgan fingerprint density at radius 3 is 2.81 bits per heavy atom. The summed E-state index contributed by atoms with van der Waals surface area (Å²) < 4.78 is 5.03. The van der Waals surface area contributed by atoms with Gasteiger partial charge in [0.1, 0.15) is 6.61 Å². The lowest BCUT2D eigenvalue weighted by Crippen LogP contribution is -2.22. The van der Waals surface area contributed by atoms with Crippen LogP contribution in [0.25, 0.3) is 0 Å². The third-order valence-electron chi connectivity index (χ3n) is 2.89. The van der Waals surface area contributed by atoms with Gasteiger partial charge >= 0.3 is 0 Å². The molecule has 0 saturated heterocycles. The third kappa shape index (κ3) is 3.94. The first-order chi connectivity index (χ1) is 10.1. The summed E-state index contributed by atoms with van der Waals surface area (Å²) in [4.78, 5) is 12.1. The fraction of sp³-hybridized carbons (Fsp3) is 0.250. The van der Waals surface area contributed by atoms with E-state index in [9.17, 15) is 4.79 Å². The van der Waals surface area contributed by atoms with Crippen LogP contribution >= 0.6 is 0 Å². The molecule has 0 fully saturated rings. The number of rotatable bonds is 3. The van der Waals surface area contributed by atoms with Gasteiger partial charge in [0.25, 0.3) is 5.91 Å². The fourth-order valence-electron chi connectivity index (χ4n) is 1.85. The molecule has 0 saturated carbocycles. The van der Waals surface area contributed by atoms with Crippen molar-refractivity contribution in [3.05, 3.63) is 52.4 Å². The van der Waals surface area contributed by atoms with Gasteiger partial charge in [0, 0.05) is 17.2 Å². The summed E-state index contributed by atoms with van der Waals surface area (Å²) >= 11 is 0. The van der Waals surface area contributed by atoms with Crippen molar-refractivity contribution in [1.29, 1.82) is 0 Å². The highest BCUT2D eigenvalue weighted by atomic mass is 16.5. The molecule has 0 aliphatic rings. The van der Waals surface area contributed by atoms with Crippen molar-refractivity contribution in [3.8, 4) is 11.8 Å². The summed E-state index contributed by atoms with van der Waals surface area (Å²) in [5.74, 6) is 5.85. The number of amides is 1. The van der Waals surface area contributed by atoms with Gasteiger partial charge in [0.2, 0.25) is 0 Å². The number of carbonyl (C=O) groups is 1. The second-order valence-corrected chi connectivity index (χ2v) is 4.61. The molecular weight excluding hydrogens is 268 g/mol. The Balaban J connectivity index is 2.04. The Morgan fingerprint density at radius 1 is 1.38 bits per heavy atom. The number of aliphatic hydroxyl groups excluding tert-OH is 1. The molecule has 2 N–H and O–H groups in total. The number of aromatic nitrogens is 1. The molecule has 1 heterocycles. The summed E-state index contributed by atoms with van der Waals surface area (Å²) in [7, 11) is 0. The van der Waals surface area contributed by atoms with Gasteiger partial charge < -0.3 is 14.9 Å². The van der Waals surface area contributed by atoms with Crippen molar-refractivity contribution in [2.24, 2.45) is 0 Å². The van der Waals surface area contributed by atoms with Gasteiger partial charge in [0.15, 0.2) is 5.76 Å². The van der Waals surface area contributed by atoms with E-state index in [0.717, 1.165) is 16.8 Å². The quantitative estimate of drug-likeness (QED) is 0.839. The van der Waals surface area contributed by atoms with E-state index in [2.05, 4.69) is 22.3 Å². The minimum atomic E-state index is -0.186. The van der Waals surface area contributed by atoms with Gasteiger partial charge in [-0.3, -0.25) is 4.79 Å². The van der Waals surface area contributed by atoms with Crippen LogP contribution in [-0.4, -0.2) is 22.8 Å². The molecule has 0 aliphatic heterocycles. The number of hydrogen-bond acceptors (Lipinski definition) is 4. The van der Waals surface area contributed by atoms with Gasteiger partial charge in [-0.2, -0.15) is 0 Å². The number of aliphatic hydroxyl groups is 1. The monoisotopic (exact) mass is 284 g/mol. The molecule has 0 radical (unpaired) electrons. The molecule has 0 aliphatic carbocycles. The van der Waals surface area contributed by atoms with Crippen molar-refractivity contribution < 1.29 is 14.4 Å². The third-order valence-corrected chi connectivity index (χ3v) is 2.89. The molecule has 1 aromatic carbocycles. The van der Waals surface area contributed by atoms with Crippen LogP contribution in [0, 0.1) is 25.7 Å². The highest BCUT2D eigenvalue weighted by molar-refractivity contribution is 5.94. The lowest BCUT2D eigenvalue weighted by molar-refractivity contribution is 0.0947. The van der Waals surface area contributed by atoms with Crippen LogP contribution in [0.1, 0.15) is 32.9 Å². The number of hydrogen-bond donors (Lipinski definition) is 2. The van der Waals surface area contributed by atoms with E-state index < -0.39 is 0 Å². The van der Waals surface area contributed by atoms with E-state index in [1.165, 1.54) is 0 Å². The smallest absolute Gasteiger partial charge is 0.251 e. The molecule has 2 rings (SSSR count). The second kappa shape index (κ2) is 6.73. The molecule has 1 amide bonds. The predicted molar refractivity (Wildman–Crippen MR) is 77.6 cm³/mol. The number of aryl methyl sites for hydroxylation is 2. The molecular formula is C16H16N2O3. The maximum absolute atomic E-state index is 12.1. The number of nitrogens with one attached hydrogen (secondary N) is 1. The molecule has 108 valence electrons. The van der Waals surface area contributed by atoms with Crippen molar-refractivity contribution in [2.75, 3.05) is 6.61 Å². The molecule has 0 unspecified atom stereocenters. The summed E-state index contributed by atoms with van der Waals surface area (Å²) in [5, 5.41) is 15.2. The number of benzene rings is 1. The van der Waals surface area contributed by atoms with Crippen molar-refractivity contribution in [3.63, 3.8) is 0 Å². The van der Waals surface area contributed by atoms with Crippen LogP contribution in [0.3, 0.4) is 0 Å². The minimum absolute atomic E-state index is 0.182. The summed E-state index contributed by atoms with van der Waals surface area (Å²) in [6, 6.07) is 7.02. The standard InChI is InChI=1S/C16H16N2O3/c1-11-8-14(6-5-13(11)4-3-7-19)16(20)17-10-15-9-12(2)18-21-15/h5-6,8-9,19H,7,10H2,1-2H3,(H,17,20). The van der Waals surface area contributed by atoms with Crippen molar-refractivity contribution in [1.82, 2.24) is 10.5 Å². The van der Waals surface area contributed by atoms with Gasteiger partial charge in [-0.05, 0) is 37.6 Å². The highest BCUT2D eigenvalue weighted by Crippen LogP contribution is 2.10. The Bertz CT molecular complexity index is 708. The van der Waals surface area contributed by atoms with Gasteiger partial charge in [0.05, 0.1) is 12.2 Å². The fourth-order valence-corrected chi connectivity index (χ4v) is 1.85. The Labute approximate surface area is 123 Å². The average molecular weight is 284 g/mol. The molecule has 21 heavy (non-hydrogen) atoms. The zero-order valence-electron chi connectivity index (χ0n) is 11.9. The molecule has 5 heteroatoms.